The number of amides is 1. The molecule has 1 aliphatic heterocycles. The topological polar surface area (TPSA) is 71.3 Å². The number of likely N-dealkylation sites (tertiary alicyclic amines) is 1. The van der Waals surface area contributed by atoms with Crippen LogP contribution in [0.2, 0.25) is 0 Å². The molecule has 2 aromatic carbocycles. The van der Waals surface area contributed by atoms with Gasteiger partial charge in [0.2, 0.25) is 17.6 Å². The van der Waals surface area contributed by atoms with Gasteiger partial charge in [0.05, 0.1) is 12.5 Å². The minimum absolute atomic E-state index is 0.0255. The minimum Gasteiger partial charge on any atom is -0.355 e. The van der Waals surface area contributed by atoms with Crippen molar-refractivity contribution < 1.29 is 13.7 Å². The van der Waals surface area contributed by atoms with E-state index >= 15 is 0 Å². The Bertz CT molecular complexity index is 976. The average Bonchev–Trinajstić information content (AvgIpc) is 3.25. The van der Waals surface area contributed by atoms with Crippen molar-refractivity contribution >= 4 is 5.91 Å². The summed E-state index contributed by atoms with van der Waals surface area (Å²) in [7, 11) is 0. The number of benzene rings is 2. The van der Waals surface area contributed by atoms with Crippen LogP contribution in [0.4, 0.5) is 4.39 Å². The van der Waals surface area contributed by atoms with Crippen LogP contribution >= 0.6 is 0 Å². The zero-order valence-corrected chi connectivity index (χ0v) is 16.8. The molecule has 1 atom stereocenters. The lowest BCUT2D eigenvalue weighted by atomic mass is 9.98. The lowest BCUT2D eigenvalue weighted by Gasteiger charge is -2.30. The first kappa shape index (κ1) is 20.2. The largest absolute Gasteiger partial charge is 0.355 e. The summed E-state index contributed by atoms with van der Waals surface area (Å²) in [6.07, 6.45) is 2.70. The maximum absolute atomic E-state index is 13.4. The predicted molar refractivity (Wildman–Crippen MR) is 111 cm³/mol. The molecule has 1 saturated heterocycles. The second-order valence-electron chi connectivity index (χ2n) is 7.63. The molecule has 1 aromatic heterocycles. The molecule has 1 amide bonds. The van der Waals surface area contributed by atoms with E-state index in [9.17, 15) is 9.18 Å². The summed E-state index contributed by atoms with van der Waals surface area (Å²) in [6.45, 7) is 2.54. The molecule has 0 radical (unpaired) electrons. The predicted octanol–water partition coefficient (Wildman–Crippen LogP) is 3.41. The molecule has 3 aromatic rings. The Morgan fingerprint density at radius 1 is 1.20 bits per heavy atom. The van der Waals surface area contributed by atoms with E-state index in [1.807, 2.05) is 18.2 Å². The van der Waals surface area contributed by atoms with Gasteiger partial charge >= 0.3 is 0 Å². The molecule has 0 bridgehead atoms. The van der Waals surface area contributed by atoms with Crippen LogP contribution in [0.5, 0.6) is 0 Å². The lowest BCUT2D eigenvalue weighted by molar-refractivity contribution is -0.122. The number of halogens is 1. The van der Waals surface area contributed by atoms with Crippen molar-refractivity contribution in [1.82, 2.24) is 20.4 Å². The first-order chi connectivity index (χ1) is 14.7. The fraction of sp³-hybridized carbons (Fsp3) is 0.348. The maximum atomic E-state index is 13.4. The zero-order chi connectivity index (χ0) is 20.8. The number of carbonyl (C=O) groups is 1. The molecule has 1 fully saturated rings. The van der Waals surface area contributed by atoms with Gasteiger partial charge in [0, 0.05) is 18.7 Å². The van der Waals surface area contributed by atoms with Gasteiger partial charge in [0.15, 0.2) is 0 Å². The molecule has 2 heterocycles. The van der Waals surface area contributed by atoms with Crippen LogP contribution in [0.25, 0.3) is 11.4 Å². The van der Waals surface area contributed by atoms with Gasteiger partial charge in [-0.05, 0) is 43.5 Å². The minimum atomic E-state index is -0.332. The van der Waals surface area contributed by atoms with Crippen LogP contribution in [0.1, 0.15) is 30.2 Å². The highest BCUT2D eigenvalue weighted by molar-refractivity contribution is 5.78. The van der Waals surface area contributed by atoms with Gasteiger partial charge in [-0.2, -0.15) is 4.98 Å². The number of nitrogens with zero attached hydrogens (tertiary/aromatic N) is 3. The summed E-state index contributed by atoms with van der Waals surface area (Å²) >= 11 is 0. The number of rotatable bonds is 7. The maximum Gasteiger partial charge on any atom is 0.234 e. The number of piperidine rings is 1. The standard InChI is InChI=1S/C23H25FN4O2/c24-20-10-4-8-18(14-20)22-26-23(30-27-22)19-9-5-13-28(15-19)16-21(29)25-12-11-17-6-2-1-3-7-17/h1-4,6-8,10,14,19H,5,9,11-13,15-16H2,(H,25,29). The van der Waals surface area contributed by atoms with E-state index in [-0.39, 0.29) is 17.6 Å². The van der Waals surface area contributed by atoms with Gasteiger partial charge in [-0.1, -0.05) is 47.6 Å². The molecule has 30 heavy (non-hydrogen) atoms. The number of hydrogen-bond acceptors (Lipinski definition) is 5. The summed E-state index contributed by atoms with van der Waals surface area (Å²) in [4.78, 5) is 18.9. The monoisotopic (exact) mass is 408 g/mol. The van der Waals surface area contributed by atoms with E-state index < -0.39 is 0 Å². The van der Waals surface area contributed by atoms with Crippen molar-refractivity contribution in [2.24, 2.45) is 0 Å². The summed E-state index contributed by atoms with van der Waals surface area (Å²) in [5.41, 5.74) is 1.80. The number of hydrogen-bond donors (Lipinski definition) is 1. The molecule has 156 valence electrons. The number of nitrogens with one attached hydrogen (secondary N) is 1. The molecule has 1 aliphatic rings. The summed E-state index contributed by atoms with van der Waals surface area (Å²) in [6, 6.07) is 16.3. The van der Waals surface area contributed by atoms with Crippen molar-refractivity contribution in [3.8, 4) is 11.4 Å². The van der Waals surface area contributed by atoms with Crippen LogP contribution in [-0.4, -0.2) is 47.1 Å². The van der Waals surface area contributed by atoms with Gasteiger partial charge < -0.3 is 9.84 Å². The molecule has 4 rings (SSSR count). The number of aromatic nitrogens is 2. The smallest absolute Gasteiger partial charge is 0.234 e. The van der Waals surface area contributed by atoms with Crippen LogP contribution in [-0.2, 0) is 11.2 Å². The van der Waals surface area contributed by atoms with Gasteiger partial charge in [-0.15, -0.1) is 0 Å². The summed E-state index contributed by atoms with van der Waals surface area (Å²) in [5.74, 6) is 0.702. The normalized spacial score (nSPS) is 17.0. The highest BCUT2D eigenvalue weighted by atomic mass is 19.1. The van der Waals surface area contributed by atoms with Crippen LogP contribution in [0, 0.1) is 5.82 Å². The zero-order valence-electron chi connectivity index (χ0n) is 16.8. The number of carbonyl (C=O) groups excluding carboxylic acids is 1. The Hall–Kier alpha value is -3.06. The summed E-state index contributed by atoms with van der Waals surface area (Å²) < 4.78 is 18.9. The Morgan fingerprint density at radius 3 is 2.90 bits per heavy atom. The van der Waals surface area contributed by atoms with Gasteiger partial charge in [0.1, 0.15) is 5.82 Å². The first-order valence-electron chi connectivity index (χ1n) is 10.3. The van der Waals surface area contributed by atoms with Crippen LogP contribution in [0.3, 0.4) is 0 Å². The molecule has 6 nitrogen and oxygen atoms in total. The van der Waals surface area contributed by atoms with Gasteiger partial charge in [0.25, 0.3) is 0 Å². The quantitative estimate of drug-likeness (QED) is 0.649. The van der Waals surface area contributed by atoms with Crippen LogP contribution in [0.15, 0.2) is 59.1 Å². The van der Waals surface area contributed by atoms with Crippen molar-refractivity contribution in [3.05, 3.63) is 71.9 Å². The molecular formula is C23H25FN4O2. The third-order valence-corrected chi connectivity index (χ3v) is 5.33. The second-order valence-corrected chi connectivity index (χ2v) is 7.63. The SMILES string of the molecule is O=C(CN1CCCC(c2nc(-c3cccc(F)c3)no2)C1)NCCc1ccccc1. The Morgan fingerprint density at radius 2 is 2.07 bits per heavy atom. The van der Waals surface area contributed by atoms with E-state index in [0.29, 0.717) is 36.9 Å². The van der Waals surface area contributed by atoms with Crippen LogP contribution < -0.4 is 5.32 Å². The van der Waals surface area contributed by atoms with E-state index in [0.717, 1.165) is 25.8 Å². The van der Waals surface area contributed by atoms with Crippen molar-refractivity contribution in [1.29, 1.82) is 0 Å². The third-order valence-electron chi connectivity index (χ3n) is 5.33. The Kier molecular flexibility index (Phi) is 6.49. The Labute approximate surface area is 175 Å². The average molecular weight is 408 g/mol. The molecule has 0 saturated carbocycles. The second kappa shape index (κ2) is 9.63. The molecule has 1 N–H and O–H groups in total. The fourth-order valence-electron chi connectivity index (χ4n) is 3.80. The van der Waals surface area contributed by atoms with Gasteiger partial charge in [-0.25, -0.2) is 4.39 Å². The molecule has 0 aliphatic carbocycles. The van der Waals surface area contributed by atoms with Crippen molar-refractivity contribution in [3.63, 3.8) is 0 Å². The van der Waals surface area contributed by atoms with E-state index in [2.05, 4.69) is 32.5 Å². The van der Waals surface area contributed by atoms with Crippen molar-refractivity contribution in [2.75, 3.05) is 26.2 Å². The first-order valence-corrected chi connectivity index (χ1v) is 10.3. The van der Waals surface area contributed by atoms with E-state index in [4.69, 9.17) is 4.52 Å². The van der Waals surface area contributed by atoms with Gasteiger partial charge in [-0.3, -0.25) is 9.69 Å². The highest BCUT2D eigenvalue weighted by Crippen LogP contribution is 2.27. The molecule has 7 heteroatoms. The third kappa shape index (κ3) is 5.30. The molecular weight excluding hydrogens is 383 g/mol. The van der Waals surface area contributed by atoms with Crippen molar-refractivity contribution in [2.45, 2.75) is 25.2 Å². The Balaban J connectivity index is 1.28. The lowest BCUT2D eigenvalue weighted by Crippen LogP contribution is -2.42. The highest BCUT2D eigenvalue weighted by Gasteiger charge is 2.27. The van der Waals surface area contributed by atoms with E-state index in [1.54, 1.807) is 12.1 Å². The molecule has 0 spiro atoms. The fourth-order valence-corrected chi connectivity index (χ4v) is 3.80. The summed E-state index contributed by atoms with van der Waals surface area (Å²) in [5, 5.41) is 7.00. The molecule has 1 unspecified atom stereocenters. The van der Waals surface area contributed by atoms with E-state index in [1.165, 1.54) is 17.7 Å².